The molecule has 0 aliphatic heterocycles. The summed E-state index contributed by atoms with van der Waals surface area (Å²) in [5.41, 5.74) is 2.69. The zero-order valence-electron chi connectivity index (χ0n) is 15.1. The number of halogens is 1. The van der Waals surface area contributed by atoms with Crippen LogP contribution in [0.5, 0.6) is 0 Å². The summed E-state index contributed by atoms with van der Waals surface area (Å²) in [5, 5.41) is 9.68. The van der Waals surface area contributed by atoms with Gasteiger partial charge in [0, 0.05) is 44.9 Å². The van der Waals surface area contributed by atoms with Gasteiger partial charge in [-0.25, -0.2) is 0 Å². The Morgan fingerprint density at radius 2 is 2.00 bits per heavy atom. The van der Waals surface area contributed by atoms with Gasteiger partial charge in [0.2, 0.25) is 5.91 Å². The molecule has 0 spiro atoms. The van der Waals surface area contributed by atoms with Gasteiger partial charge in [-0.15, -0.1) is 0 Å². The number of carbonyl (C=O) groups excluding carboxylic acids is 1. The third-order valence-electron chi connectivity index (χ3n) is 3.67. The highest BCUT2D eigenvalue weighted by Crippen LogP contribution is 2.22. The predicted molar refractivity (Wildman–Crippen MR) is 107 cm³/mol. The Hall–Kier alpha value is -2.60. The molecule has 0 saturated carbocycles. The topological polar surface area (TPSA) is 78.4 Å². The molecule has 3 N–H and O–H groups in total. The van der Waals surface area contributed by atoms with Crippen LogP contribution >= 0.6 is 11.6 Å². The molecule has 0 aliphatic carbocycles. The average Bonchev–Trinajstić information content (AvgIpc) is 2.63. The van der Waals surface area contributed by atoms with Crippen LogP contribution in [0.1, 0.15) is 17.7 Å². The van der Waals surface area contributed by atoms with Crippen molar-refractivity contribution in [3.63, 3.8) is 0 Å². The Balaban J connectivity index is 1.68. The van der Waals surface area contributed by atoms with Crippen LogP contribution in [0.2, 0.25) is 5.02 Å². The lowest BCUT2D eigenvalue weighted by molar-refractivity contribution is -0.116. The number of rotatable bonds is 7. The molecule has 6 nitrogen and oxygen atoms in total. The quantitative estimate of drug-likeness (QED) is 0.515. The van der Waals surface area contributed by atoms with Crippen molar-refractivity contribution in [1.29, 1.82) is 0 Å². The van der Waals surface area contributed by atoms with Crippen LogP contribution in [-0.4, -0.2) is 37.0 Å². The molecule has 1 aromatic heterocycles. The molecule has 0 aliphatic rings. The fourth-order valence-corrected chi connectivity index (χ4v) is 2.59. The lowest BCUT2D eigenvalue weighted by Crippen LogP contribution is -2.39. The summed E-state index contributed by atoms with van der Waals surface area (Å²) >= 11 is 6.12. The molecular formula is C19H24ClN5O. The van der Waals surface area contributed by atoms with Gasteiger partial charge >= 0.3 is 0 Å². The zero-order chi connectivity index (χ0) is 18.8. The maximum Gasteiger partial charge on any atom is 0.226 e. The normalized spacial score (nSPS) is 11.1. The number of aryl methyl sites for hydroxylation is 1. The van der Waals surface area contributed by atoms with Crippen molar-refractivity contribution in [3.8, 4) is 0 Å². The van der Waals surface area contributed by atoms with Gasteiger partial charge in [-0.2, -0.15) is 0 Å². The molecule has 0 bridgehead atoms. The number of aliphatic imine (C=N–C) groups is 1. The maximum atomic E-state index is 12.0. The number of amides is 1. The number of carbonyl (C=O) groups is 1. The van der Waals surface area contributed by atoms with Crippen molar-refractivity contribution in [2.75, 3.05) is 25.5 Å². The van der Waals surface area contributed by atoms with Gasteiger partial charge in [0.25, 0.3) is 0 Å². The second-order valence-corrected chi connectivity index (χ2v) is 6.19. The van der Waals surface area contributed by atoms with Gasteiger partial charge in [0.15, 0.2) is 5.96 Å². The average molecular weight is 374 g/mol. The Morgan fingerprint density at radius 1 is 1.19 bits per heavy atom. The molecule has 0 unspecified atom stereocenters. The first-order valence-corrected chi connectivity index (χ1v) is 8.86. The van der Waals surface area contributed by atoms with Gasteiger partial charge in [0.1, 0.15) is 0 Å². The van der Waals surface area contributed by atoms with E-state index in [2.05, 4.69) is 25.9 Å². The van der Waals surface area contributed by atoms with Crippen molar-refractivity contribution < 1.29 is 4.79 Å². The number of hydrogen-bond donors (Lipinski definition) is 3. The fourth-order valence-electron chi connectivity index (χ4n) is 2.30. The highest BCUT2D eigenvalue weighted by Gasteiger charge is 2.06. The van der Waals surface area contributed by atoms with Gasteiger partial charge in [-0.3, -0.25) is 14.8 Å². The van der Waals surface area contributed by atoms with Gasteiger partial charge in [-0.05, 0) is 36.8 Å². The van der Waals surface area contributed by atoms with E-state index in [0.29, 0.717) is 36.2 Å². The van der Waals surface area contributed by atoms with E-state index in [-0.39, 0.29) is 5.91 Å². The number of pyridine rings is 1. The van der Waals surface area contributed by atoms with E-state index in [0.717, 1.165) is 17.7 Å². The summed E-state index contributed by atoms with van der Waals surface area (Å²) in [5.74, 6) is 0.550. The number of nitrogens with one attached hydrogen (secondary N) is 3. The standard InChI is InChI=1S/C19H24ClN5O/c1-14-6-7-17(16(20)13-14)25-18(26)9-12-24-19(21-2)23-11-8-15-5-3-4-10-22-15/h3-7,10,13H,8-9,11-12H2,1-2H3,(H,25,26)(H2,21,23,24). The van der Waals surface area contributed by atoms with Gasteiger partial charge in [-0.1, -0.05) is 23.7 Å². The Morgan fingerprint density at radius 3 is 2.69 bits per heavy atom. The first-order chi connectivity index (χ1) is 12.6. The third-order valence-corrected chi connectivity index (χ3v) is 3.98. The molecule has 1 aromatic carbocycles. The van der Waals surface area contributed by atoms with E-state index in [1.807, 2.05) is 37.3 Å². The van der Waals surface area contributed by atoms with Crippen molar-refractivity contribution in [3.05, 3.63) is 58.9 Å². The highest BCUT2D eigenvalue weighted by molar-refractivity contribution is 6.33. The zero-order valence-corrected chi connectivity index (χ0v) is 15.8. The van der Waals surface area contributed by atoms with Crippen molar-refractivity contribution in [2.24, 2.45) is 4.99 Å². The van der Waals surface area contributed by atoms with E-state index < -0.39 is 0 Å². The fraction of sp³-hybridized carbons (Fsp3) is 0.316. The lowest BCUT2D eigenvalue weighted by Gasteiger charge is -2.12. The number of guanidine groups is 1. The van der Waals surface area contributed by atoms with Crippen molar-refractivity contribution in [2.45, 2.75) is 19.8 Å². The summed E-state index contributed by atoms with van der Waals surface area (Å²) in [4.78, 5) is 20.5. The first kappa shape index (κ1) is 19.7. The molecule has 138 valence electrons. The molecule has 7 heteroatoms. The molecule has 0 fully saturated rings. The van der Waals surface area contributed by atoms with E-state index >= 15 is 0 Å². The van der Waals surface area contributed by atoms with E-state index in [1.54, 1.807) is 19.3 Å². The maximum absolute atomic E-state index is 12.0. The van der Waals surface area contributed by atoms with Crippen LogP contribution < -0.4 is 16.0 Å². The molecule has 0 atom stereocenters. The number of hydrogen-bond acceptors (Lipinski definition) is 3. The van der Waals surface area contributed by atoms with E-state index in [1.165, 1.54) is 0 Å². The predicted octanol–water partition coefficient (Wildman–Crippen LogP) is 2.78. The summed E-state index contributed by atoms with van der Waals surface area (Å²) in [6.07, 6.45) is 2.89. The summed E-state index contributed by atoms with van der Waals surface area (Å²) in [7, 11) is 1.70. The minimum Gasteiger partial charge on any atom is -0.356 e. The van der Waals surface area contributed by atoms with Gasteiger partial charge in [0.05, 0.1) is 10.7 Å². The Labute approximate surface area is 159 Å². The van der Waals surface area contributed by atoms with E-state index in [4.69, 9.17) is 11.6 Å². The Bertz CT molecular complexity index is 749. The Kier molecular flexibility index (Phi) is 7.89. The minimum atomic E-state index is -0.104. The molecule has 26 heavy (non-hydrogen) atoms. The number of aromatic nitrogens is 1. The summed E-state index contributed by atoms with van der Waals surface area (Å²) in [6, 6.07) is 11.4. The van der Waals surface area contributed by atoms with Crippen molar-refractivity contribution in [1.82, 2.24) is 15.6 Å². The number of benzene rings is 1. The summed E-state index contributed by atoms with van der Waals surface area (Å²) < 4.78 is 0. The second kappa shape index (κ2) is 10.4. The van der Waals surface area contributed by atoms with E-state index in [9.17, 15) is 4.79 Å². The molecular weight excluding hydrogens is 350 g/mol. The number of nitrogens with zero attached hydrogens (tertiary/aromatic N) is 2. The molecule has 1 heterocycles. The third kappa shape index (κ3) is 6.72. The monoisotopic (exact) mass is 373 g/mol. The van der Waals surface area contributed by atoms with Crippen molar-refractivity contribution >= 4 is 29.2 Å². The highest BCUT2D eigenvalue weighted by atomic mass is 35.5. The van der Waals surface area contributed by atoms with Crippen LogP contribution in [0.15, 0.2) is 47.6 Å². The molecule has 1 amide bonds. The minimum absolute atomic E-state index is 0.104. The van der Waals surface area contributed by atoms with Gasteiger partial charge < -0.3 is 16.0 Å². The SMILES string of the molecule is CN=C(NCCC(=O)Nc1ccc(C)cc1Cl)NCCc1ccccn1. The molecule has 0 saturated heterocycles. The number of anilines is 1. The second-order valence-electron chi connectivity index (χ2n) is 5.78. The smallest absolute Gasteiger partial charge is 0.226 e. The van der Waals surface area contributed by atoms with Crippen LogP contribution in [-0.2, 0) is 11.2 Å². The molecule has 0 radical (unpaired) electrons. The lowest BCUT2D eigenvalue weighted by atomic mass is 10.2. The first-order valence-electron chi connectivity index (χ1n) is 8.49. The largest absolute Gasteiger partial charge is 0.356 e. The van der Waals surface area contributed by atoms with Crippen LogP contribution in [0.4, 0.5) is 5.69 Å². The van der Waals surface area contributed by atoms with Crippen LogP contribution in [0.25, 0.3) is 0 Å². The summed E-state index contributed by atoms with van der Waals surface area (Å²) in [6.45, 7) is 3.13. The molecule has 2 aromatic rings. The molecule has 2 rings (SSSR count). The van der Waals surface area contributed by atoms with Crippen LogP contribution in [0, 0.1) is 6.92 Å². The van der Waals surface area contributed by atoms with Crippen LogP contribution in [0.3, 0.4) is 0 Å².